The van der Waals surface area contributed by atoms with Crippen molar-refractivity contribution in [1.82, 2.24) is 10.2 Å². The minimum Gasteiger partial charge on any atom is -0.491 e. The van der Waals surface area contributed by atoms with E-state index in [0.29, 0.717) is 12.2 Å². The fourth-order valence-corrected chi connectivity index (χ4v) is 3.05. The van der Waals surface area contributed by atoms with E-state index in [4.69, 9.17) is 4.74 Å². The van der Waals surface area contributed by atoms with Crippen molar-refractivity contribution in [2.75, 3.05) is 13.2 Å². The maximum absolute atomic E-state index is 12.4. The minimum absolute atomic E-state index is 0.0183. The lowest BCUT2D eigenvalue weighted by molar-refractivity contribution is -0.132. The van der Waals surface area contributed by atoms with Gasteiger partial charge < -0.3 is 15.2 Å². The van der Waals surface area contributed by atoms with Gasteiger partial charge in [-0.1, -0.05) is 19.4 Å². The van der Waals surface area contributed by atoms with Crippen LogP contribution in [0.5, 0.6) is 5.75 Å². The topological polar surface area (TPSA) is 78.9 Å². The molecule has 0 bridgehead atoms. The molecular formula is C18H26N2O4. The van der Waals surface area contributed by atoms with Gasteiger partial charge in [0.1, 0.15) is 24.0 Å². The van der Waals surface area contributed by atoms with Gasteiger partial charge in [-0.3, -0.25) is 9.69 Å². The second-order valence-electron chi connectivity index (χ2n) is 6.72. The molecule has 1 aliphatic heterocycles. The molecule has 132 valence electrons. The molecule has 0 spiro atoms. The summed E-state index contributed by atoms with van der Waals surface area (Å²) in [5, 5.41) is 12.9. The Morgan fingerprint density at radius 2 is 1.88 bits per heavy atom. The third kappa shape index (κ3) is 4.06. The average molecular weight is 334 g/mol. The Labute approximate surface area is 142 Å². The number of rotatable bonds is 7. The first kappa shape index (κ1) is 18.3. The number of urea groups is 1. The van der Waals surface area contributed by atoms with E-state index in [1.807, 2.05) is 39.0 Å². The number of nitrogens with zero attached hydrogens (tertiary/aromatic N) is 1. The Morgan fingerprint density at radius 3 is 2.46 bits per heavy atom. The van der Waals surface area contributed by atoms with Gasteiger partial charge in [-0.25, -0.2) is 4.79 Å². The molecule has 2 N–H and O–H groups in total. The molecule has 6 heteroatoms. The fourth-order valence-electron chi connectivity index (χ4n) is 3.05. The molecule has 6 nitrogen and oxygen atoms in total. The number of benzene rings is 1. The summed E-state index contributed by atoms with van der Waals surface area (Å²) in [6.07, 6.45) is 0.419. The van der Waals surface area contributed by atoms with Gasteiger partial charge in [0.2, 0.25) is 0 Å². The summed E-state index contributed by atoms with van der Waals surface area (Å²) in [6, 6.07) is 5.34. The monoisotopic (exact) mass is 334 g/mol. The Morgan fingerprint density at radius 1 is 1.25 bits per heavy atom. The summed E-state index contributed by atoms with van der Waals surface area (Å²) in [4.78, 5) is 25.5. The molecule has 0 aromatic heterocycles. The number of carbonyl (C=O) groups excluding carboxylic acids is 2. The predicted octanol–water partition coefficient (Wildman–Crippen LogP) is 2.15. The second-order valence-corrected chi connectivity index (χ2v) is 6.72. The second kappa shape index (κ2) is 7.21. The van der Waals surface area contributed by atoms with E-state index in [1.165, 1.54) is 0 Å². The van der Waals surface area contributed by atoms with Gasteiger partial charge in [-0.05, 0) is 50.5 Å². The number of hydrogen-bond donors (Lipinski definition) is 2. The van der Waals surface area contributed by atoms with Crippen molar-refractivity contribution < 1.29 is 19.4 Å². The summed E-state index contributed by atoms with van der Waals surface area (Å²) in [7, 11) is 0. The molecular weight excluding hydrogens is 308 g/mol. The zero-order valence-electron chi connectivity index (χ0n) is 14.8. The maximum atomic E-state index is 12.4. The molecule has 2 unspecified atom stereocenters. The lowest BCUT2D eigenvalue weighted by atomic mass is 9.96. The van der Waals surface area contributed by atoms with E-state index in [9.17, 15) is 14.7 Å². The van der Waals surface area contributed by atoms with Crippen LogP contribution < -0.4 is 10.1 Å². The molecule has 0 radical (unpaired) electrons. The SMILES string of the molecule is CCCC1(C)NC(=O)N(CC(O)COc2cc(C)cc(C)c2)C1=O. The van der Waals surface area contributed by atoms with E-state index in [1.54, 1.807) is 6.92 Å². The Bertz CT molecular complexity index is 611. The highest BCUT2D eigenvalue weighted by Gasteiger charge is 2.47. The van der Waals surface area contributed by atoms with Crippen molar-refractivity contribution in [2.24, 2.45) is 0 Å². The Hall–Kier alpha value is -2.08. The predicted molar refractivity (Wildman–Crippen MR) is 91.0 cm³/mol. The van der Waals surface area contributed by atoms with Crippen LogP contribution >= 0.6 is 0 Å². The van der Waals surface area contributed by atoms with Crippen molar-refractivity contribution in [1.29, 1.82) is 0 Å². The Balaban J connectivity index is 1.93. The third-order valence-corrected chi connectivity index (χ3v) is 4.13. The van der Waals surface area contributed by atoms with Crippen LogP contribution in [0.15, 0.2) is 18.2 Å². The van der Waals surface area contributed by atoms with Gasteiger partial charge in [-0.2, -0.15) is 0 Å². The third-order valence-electron chi connectivity index (χ3n) is 4.13. The first-order valence-corrected chi connectivity index (χ1v) is 8.28. The molecule has 1 saturated heterocycles. The van der Waals surface area contributed by atoms with Crippen LogP contribution in [0, 0.1) is 13.8 Å². The zero-order chi connectivity index (χ0) is 17.9. The molecule has 1 aromatic carbocycles. The lowest BCUT2D eigenvalue weighted by Gasteiger charge is -2.22. The number of aliphatic hydroxyl groups excluding tert-OH is 1. The summed E-state index contributed by atoms with van der Waals surface area (Å²) in [5.74, 6) is 0.374. The van der Waals surface area contributed by atoms with Crippen molar-refractivity contribution >= 4 is 11.9 Å². The number of β-amino-alcohol motifs (C(OH)–C–C–N with tert-alkyl or cyclic N) is 1. The van der Waals surface area contributed by atoms with Crippen LogP contribution in [0.25, 0.3) is 0 Å². The van der Waals surface area contributed by atoms with E-state index in [2.05, 4.69) is 5.32 Å². The normalized spacial score (nSPS) is 21.8. The number of aliphatic hydroxyl groups is 1. The fraction of sp³-hybridized carbons (Fsp3) is 0.556. The number of carbonyl (C=O) groups is 2. The quantitative estimate of drug-likeness (QED) is 0.749. The summed E-state index contributed by atoms with van der Waals surface area (Å²) in [5.41, 5.74) is 1.27. The largest absolute Gasteiger partial charge is 0.491 e. The smallest absolute Gasteiger partial charge is 0.325 e. The van der Waals surface area contributed by atoms with Crippen molar-refractivity contribution in [3.8, 4) is 5.75 Å². The molecule has 2 atom stereocenters. The van der Waals surface area contributed by atoms with E-state index in [-0.39, 0.29) is 19.1 Å². The maximum Gasteiger partial charge on any atom is 0.325 e. The standard InChI is InChI=1S/C18H26N2O4/c1-5-6-18(4)16(22)20(17(23)19-18)10-14(21)11-24-15-8-12(2)7-13(3)9-15/h7-9,14,21H,5-6,10-11H2,1-4H3,(H,19,23). The van der Waals surface area contributed by atoms with Crippen LogP contribution in [0.3, 0.4) is 0 Å². The van der Waals surface area contributed by atoms with Gasteiger partial charge in [0.25, 0.3) is 5.91 Å². The first-order chi connectivity index (χ1) is 11.2. The van der Waals surface area contributed by atoms with Crippen molar-refractivity contribution in [3.63, 3.8) is 0 Å². The number of nitrogens with one attached hydrogen (secondary N) is 1. The van der Waals surface area contributed by atoms with Crippen molar-refractivity contribution in [2.45, 2.75) is 52.2 Å². The van der Waals surface area contributed by atoms with Crippen LogP contribution in [-0.2, 0) is 4.79 Å². The summed E-state index contributed by atoms with van der Waals surface area (Å²) >= 11 is 0. The molecule has 1 aromatic rings. The highest BCUT2D eigenvalue weighted by Crippen LogP contribution is 2.23. The summed E-state index contributed by atoms with van der Waals surface area (Å²) in [6.45, 7) is 7.56. The van der Waals surface area contributed by atoms with Crippen LogP contribution in [0.2, 0.25) is 0 Å². The van der Waals surface area contributed by atoms with Gasteiger partial charge in [0.15, 0.2) is 0 Å². The van der Waals surface area contributed by atoms with Crippen molar-refractivity contribution in [3.05, 3.63) is 29.3 Å². The van der Waals surface area contributed by atoms with E-state index in [0.717, 1.165) is 22.4 Å². The summed E-state index contributed by atoms with van der Waals surface area (Å²) < 4.78 is 5.59. The molecule has 2 rings (SSSR count). The molecule has 1 aliphatic rings. The molecule has 0 aliphatic carbocycles. The zero-order valence-corrected chi connectivity index (χ0v) is 14.8. The van der Waals surface area contributed by atoms with Gasteiger partial charge >= 0.3 is 6.03 Å². The Kier molecular flexibility index (Phi) is 5.49. The molecule has 24 heavy (non-hydrogen) atoms. The molecule has 3 amide bonds. The molecule has 1 heterocycles. The average Bonchev–Trinajstić information content (AvgIpc) is 2.68. The van der Waals surface area contributed by atoms with Crippen LogP contribution in [0.1, 0.15) is 37.8 Å². The van der Waals surface area contributed by atoms with E-state index < -0.39 is 17.7 Å². The van der Waals surface area contributed by atoms with Gasteiger partial charge in [0.05, 0.1) is 6.54 Å². The lowest BCUT2D eigenvalue weighted by Crippen LogP contribution is -2.44. The highest BCUT2D eigenvalue weighted by atomic mass is 16.5. The number of hydrogen-bond acceptors (Lipinski definition) is 4. The number of ether oxygens (including phenoxy) is 1. The van der Waals surface area contributed by atoms with E-state index >= 15 is 0 Å². The number of imide groups is 1. The van der Waals surface area contributed by atoms with Gasteiger partial charge in [0, 0.05) is 0 Å². The highest BCUT2D eigenvalue weighted by molar-refractivity contribution is 6.06. The van der Waals surface area contributed by atoms with Crippen LogP contribution in [0.4, 0.5) is 4.79 Å². The molecule has 0 saturated carbocycles. The number of aryl methyl sites for hydroxylation is 2. The minimum atomic E-state index is -0.940. The first-order valence-electron chi connectivity index (χ1n) is 8.28. The van der Waals surface area contributed by atoms with Gasteiger partial charge in [-0.15, -0.1) is 0 Å². The number of amides is 3. The molecule has 1 fully saturated rings. The van der Waals surface area contributed by atoms with Crippen LogP contribution in [-0.4, -0.2) is 46.7 Å².